The van der Waals surface area contributed by atoms with Crippen molar-refractivity contribution in [1.29, 1.82) is 0 Å². The second-order valence-corrected chi connectivity index (χ2v) is 6.78. The van der Waals surface area contributed by atoms with E-state index in [0.29, 0.717) is 19.1 Å². The summed E-state index contributed by atoms with van der Waals surface area (Å²) in [6.45, 7) is 2.99. The Labute approximate surface area is 141 Å². The van der Waals surface area contributed by atoms with Crippen LogP contribution in [0.1, 0.15) is 61.7 Å². The smallest absolute Gasteiger partial charge is 0.229 e. The van der Waals surface area contributed by atoms with Crippen molar-refractivity contribution >= 4 is 0 Å². The molecule has 2 aromatic heterocycles. The van der Waals surface area contributed by atoms with Gasteiger partial charge in [-0.2, -0.15) is 4.98 Å². The minimum absolute atomic E-state index is 0.0593. The molecule has 8 heteroatoms. The van der Waals surface area contributed by atoms with E-state index in [0.717, 1.165) is 30.6 Å². The minimum atomic E-state index is -0.0593. The van der Waals surface area contributed by atoms with Crippen molar-refractivity contribution in [3.05, 3.63) is 23.9 Å². The highest BCUT2D eigenvalue weighted by molar-refractivity contribution is 4.97. The summed E-state index contributed by atoms with van der Waals surface area (Å²) in [7, 11) is 1.94. The first-order chi connectivity index (χ1) is 11.8. The summed E-state index contributed by atoms with van der Waals surface area (Å²) in [4.78, 5) is 6.93. The molecule has 8 nitrogen and oxygen atoms in total. The molecule has 1 saturated heterocycles. The van der Waals surface area contributed by atoms with Crippen molar-refractivity contribution in [2.24, 2.45) is 7.05 Å². The molecule has 1 saturated carbocycles. The Morgan fingerprint density at radius 1 is 1.25 bits per heavy atom. The summed E-state index contributed by atoms with van der Waals surface area (Å²) >= 11 is 0. The molecular weight excluding hydrogens is 308 g/mol. The van der Waals surface area contributed by atoms with Crippen LogP contribution in [-0.4, -0.2) is 49.5 Å². The van der Waals surface area contributed by atoms with Crippen molar-refractivity contribution in [1.82, 2.24) is 29.8 Å². The molecule has 2 fully saturated rings. The number of rotatable bonds is 4. The van der Waals surface area contributed by atoms with Crippen LogP contribution in [0.2, 0.25) is 0 Å². The predicted octanol–water partition coefficient (Wildman–Crippen LogP) is 1.82. The van der Waals surface area contributed by atoms with Gasteiger partial charge in [0.15, 0.2) is 11.6 Å². The van der Waals surface area contributed by atoms with Crippen molar-refractivity contribution in [2.75, 3.05) is 19.7 Å². The molecule has 1 aliphatic carbocycles. The fourth-order valence-corrected chi connectivity index (χ4v) is 3.63. The summed E-state index contributed by atoms with van der Waals surface area (Å²) in [6, 6.07) is 0. The van der Waals surface area contributed by atoms with Gasteiger partial charge in [0.05, 0.1) is 13.2 Å². The van der Waals surface area contributed by atoms with Crippen LogP contribution in [0.3, 0.4) is 0 Å². The Bertz CT molecular complexity index is 663. The number of hydrogen-bond acceptors (Lipinski definition) is 7. The number of morpholine rings is 1. The molecule has 0 unspecified atom stereocenters. The molecule has 0 radical (unpaired) electrons. The molecule has 0 spiro atoms. The molecule has 1 atom stereocenters. The van der Waals surface area contributed by atoms with Crippen LogP contribution in [-0.2, 0) is 18.3 Å². The first-order valence-electron chi connectivity index (χ1n) is 8.80. The second-order valence-electron chi connectivity index (χ2n) is 6.78. The standard InChI is InChI=1S/C16H24N6O2/c1-21-11-17-19-15(21)13-9-22(7-8-23-13)10-14-18-16(24-20-14)12-5-3-2-4-6-12/h11-13H,2-10H2,1H3/t13-/m1/s1. The van der Waals surface area contributed by atoms with Gasteiger partial charge in [-0.05, 0) is 12.8 Å². The van der Waals surface area contributed by atoms with E-state index in [4.69, 9.17) is 9.26 Å². The van der Waals surface area contributed by atoms with Crippen LogP contribution in [0.5, 0.6) is 0 Å². The molecule has 1 aliphatic heterocycles. The van der Waals surface area contributed by atoms with Gasteiger partial charge in [-0.3, -0.25) is 4.90 Å². The van der Waals surface area contributed by atoms with Gasteiger partial charge in [0.25, 0.3) is 0 Å². The van der Waals surface area contributed by atoms with Gasteiger partial charge in [0.2, 0.25) is 5.89 Å². The maximum atomic E-state index is 5.84. The highest BCUT2D eigenvalue weighted by Crippen LogP contribution is 2.31. The zero-order valence-electron chi connectivity index (χ0n) is 14.1. The summed E-state index contributed by atoms with van der Waals surface area (Å²) in [5, 5.41) is 12.3. The molecule has 130 valence electrons. The number of aryl methyl sites for hydroxylation is 1. The lowest BCUT2D eigenvalue weighted by Crippen LogP contribution is -2.38. The number of aromatic nitrogens is 5. The van der Waals surface area contributed by atoms with E-state index in [1.54, 1.807) is 6.33 Å². The summed E-state index contributed by atoms with van der Waals surface area (Å²) < 4.78 is 13.3. The van der Waals surface area contributed by atoms with E-state index >= 15 is 0 Å². The van der Waals surface area contributed by atoms with Crippen LogP contribution in [0, 0.1) is 0 Å². The Balaban J connectivity index is 1.38. The van der Waals surface area contributed by atoms with Gasteiger partial charge >= 0.3 is 0 Å². The lowest BCUT2D eigenvalue weighted by atomic mass is 9.89. The van der Waals surface area contributed by atoms with E-state index in [1.807, 2.05) is 11.6 Å². The molecule has 0 amide bonds. The normalized spacial score (nSPS) is 23.6. The fraction of sp³-hybridized carbons (Fsp3) is 0.750. The van der Waals surface area contributed by atoms with Crippen LogP contribution < -0.4 is 0 Å². The zero-order valence-corrected chi connectivity index (χ0v) is 14.1. The number of nitrogens with zero attached hydrogens (tertiary/aromatic N) is 6. The van der Waals surface area contributed by atoms with Gasteiger partial charge < -0.3 is 13.8 Å². The van der Waals surface area contributed by atoms with E-state index in [9.17, 15) is 0 Å². The van der Waals surface area contributed by atoms with Crippen LogP contribution in [0.4, 0.5) is 0 Å². The van der Waals surface area contributed by atoms with Gasteiger partial charge in [-0.15, -0.1) is 10.2 Å². The van der Waals surface area contributed by atoms with Gasteiger partial charge in [-0.25, -0.2) is 0 Å². The SMILES string of the molecule is Cn1cnnc1[C@H]1CN(Cc2noc(C3CCCCC3)n2)CCO1. The highest BCUT2D eigenvalue weighted by atomic mass is 16.5. The van der Waals surface area contributed by atoms with Crippen molar-refractivity contribution in [3.63, 3.8) is 0 Å². The first kappa shape index (κ1) is 15.7. The summed E-state index contributed by atoms with van der Waals surface area (Å²) in [5.74, 6) is 2.91. The third-order valence-corrected chi connectivity index (χ3v) is 4.99. The highest BCUT2D eigenvalue weighted by Gasteiger charge is 2.27. The number of hydrogen-bond donors (Lipinski definition) is 0. The predicted molar refractivity (Wildman–Crippen MR) is 85.1 cm³/mol. The largest absolute Gasteiger partial charge is 0.368 e. The van der Waals surface area contributed by atoms with Crippen molar-refractivity contribution in [3.8, 4) is 0 Å². The average molecular weight is 332 g/mol. The van der Waals surface area contributed by atoms with E-state index < -0.39 is 0 Å². The average Bonchev–Trinajstić information content (AvgIpc) is 3.25. The molecule has 2 aromatic rings. The molecule has 3 heterocycles. The first-order valence-corrected chi connectivity index (χ1v) is 8.80. The Hall–Kier alpha value is -1.80. The lowest BCUT2D eigenvalue weighted by Gasteiger charge is -2.31. The second kappa shape index (κ2) is 6.98. The third-order valence-electron chi connectivity index (χ3n) is 4.99. The van der Waals surface area contributed by atoms with Gasteiger partial charge in [0.1, 0.15) is 12.4 Å². The molecule has 0 aromatic carbocycles. The minimum Gasteiger partial charge on any atom is -0.368 e. The molecule has 4 rings (SSSR count). The molecule has 2 aliphatic rings. The van der Waals surface area contributed by atoms with Gasteiger partial charge in [0, 0.05) is 26.1 Å². The molecule has 0 N–H and O–H groups in total. The monoisotopic (exact) mass is 332 g/mol. The quantitative estimate of drug-likeness (QED) is 0.844. The van der Waals surface area contributed by atoms with Crippen LogP contribution in [0.15, 0.2) is 10.9 Å². The maximum absolute atomic E-state index is 5.84. The zero-order chi connectivity index (χ0) is 16.4. The number of ether oxygens (including phenoxy) is 1. The molecule has 0 bridgehead atoms. The Morgan fingerprint density at radius 3 is 2.92 bits per heavy atom. The van der Waals surface area contributed by atoms with Gasteiger partial charge in [-0.1, -0.05) is 24.4 Å². The summed E-state index contributed by atoms with van der Waals surface area (Å²) in [5.41, 5.74) is 0. The van der Waals surface area contributed by atoms with E-state index in [-0.39, 0.29) is 6.10 Å². The fourth-order valence-electron chi connectivity index (χ4n) is 3.63. The van der Waals surface area contributed by atoms with E-state index in [2.05, 4.69) is 25.2 Å². The van der Waals surface area contributed by atoms with Crippen molar-refractivity contribution < 1.29 is 9.26 Å². The molecular formula is C16H24N6O2. The van der Waals surface area contributed by atoms with Crippen LogP contribution >= 0.6 is 0 Å². The topological polar surface area (TPSA) is 82.1 Å². The van der Waals surface area contributed by atoms with E-state index in [1.165, 1.54) is 32.1 Å². The Kier molecular flexibility index (Phi) is 4.57. The molecule has 24 heavy (non-hydrogen) atoms. The lowest BCUT2D eigenvalue weighted by molar-refractivity contribution is -0.0394. The van der Waals surface area contributed by atoms with Crippen molar-refractivity contribution in [2.45, 2.75) is 50.7 Å². The summed E-state index contributed by atoms with van der Waals surface area (Å²) in [6.07, 6.45) is 7.86. The third kappa shape index (κ3) is 3.34. The van der Waals surface area contributed by atoms with Crippen LogP contribution in [0.25, 0.3) is 0 Å². The Morgan fingerprint density at radius 2 is 2.12 bits per heavy atom. The maximum Gasteiger partial charge on any atom is 0.229 e.